The second kappa shape index (κ2) is 5.64. The molecule has 1 atom stereocenters. The van der Waals surface area contributed by atoms with E-state index in [9.17, 15) is 4.79 Å². The summed E-state index contributed by atoms with van der Waals surface area (Å²) in [5.74, 6) is 0.990. The van der Waals surface area contributed by atoms with Crippen LogP contribution in [0.3, 0.4) is 0 Å². The number of likely N-dealkylation sites (N-methyl/N-ethyl adjacent to an activating group) is 1. The second-order valence-corrected chi connectivity index (χ2v) is 6.16. The van der Waals surface area contributed by atoms with Crippen LogP contribution in [0.4, 0.5) is 0 Å². The lowest BCUT2D eigenvalue weighted by Crippen LogP contribution is -2.54. The summed E-state index contributed by atoms with van der Waals surface area (Å²) in [4.78, 5) is 20.6. The maximum atomic E-state index is 11.9. The Morgan fingerprint density at radius 1 is 1.43 bits per heavy atom. The van der Waals surface area contributed by atoms with Crippen molar-refractivity contribution in [3.63, 3.8) is 0 Å². The number of likely N-dealkylation sites (tertiary alicyclic amines) is 2. The fraction of sp³-hybridized carbons (Fsp3) is 0.625. The van der Waals surface area contributed by atoms with Crippen LogP contribution in [0, 0.1) is 0 Å². The van der Waals surface area contributed by atoms with Crippen molar-refractivity contribution in [3.8, 4) is 5.88 Å². The molecule has 1 aromatic heterocycles. The van der Waals surface area contributed by atoms with Gasteiger partial charge in [0.15, 0.2) is 0 Å². The van der Waals surface area contributed by atoms with E-state index in [1.807, 2.05) is 18.0 Å². The number of carbonyl (C=O) groups excluding carboxylic acids is 1. The summed E-state index contributed by atoms with van der Waals surface area (Å²) < 4.78 is 5.34. The number of hydrogen-bond donors (Lipinski definition) is 0. The van der Waals surface area contributed by atoms with E-state index in [2.05, 4.69) is 16.0 Å². The van der Waals surface area contributed by atoms with E-state index in [1.54, 1.807) is 13.3 Å². The topological polar surface area (TPSA) is 45.7 Å². The zero-order chi connectivity index (χ0) is 14.9. The normalized spacial score (nSPS) is 26.6. The molecule has 0 unspecified atom stereocenters. The molecule has 1 amide bonds. The number of rotatable bonds is 3. The van der Waals surface area contributed by atoms with Gasteiger partial charge in [0, 0.05) is 38.3 Å². The molecule has 114 valence electrons. The molecule has 0 radical (unpaired) electrons. The van der Waals surface area contributed by atoms with Gasteiger partial charge in [0.2, 0.25) is 11.8 Å². The van der Waals surface area contributed by atoms with Crippen molar-refractivity contribution in [2.24, 2.45) is 0 Å². The van der Waals surface area contributed by atoms with Gasteiger partial charge in [-0.3, -0.25) is 9.69 Å². The Balaban J connectivity index is 1.74. The molecule has 5 nitrogen and oxygen atoms in total. The number of amides is 1. The molecule has 1 spiro atoms. The standard InChI is InChI=1S/C16H23N3O2/c1-18-14(20)6-8-16(18)7-4-10-19(12-16)11-13-5-3-9-17-15(13)21-2/h3,5,9H,4,6-8,10-12H2,1-2H3/t16-/m1/s1. The lowest BCUT2D eigenvalue weighted by atomic mass is 9.86. The quantitative estimate of drug-likeness (QED) is 0.849. The van der Waals surface area contributed by atoms with E-state index in [-0.39, 0.29) is 11.4 Å². The monoisotopic (exact) mass is 289 g/mol. The molecule has 0 N–H and O–H groups in total. The average Bonchev–Trinajstić information content (AvgIpc) is 2.77. The summed E-state index contributed by atoms with van der Waals surface area (Å²) in [6.45, 7) is 2.86. The smallest absolute Gasteiger partial charge is 0.222 e. The Morgan fingerprint density at radius 3 is 3.00 bits per heavy atom. The van der Waals surface area contributed by atoms with Gasteiger partial charge >= 0.3 is 0 Å². The predicted molar refractivity (Wildman–Crippen MR) is 80.0 cm³/mol. The summed E-state index contributed by atoms with van der Waals surface area (Å²) in [6.07, 6.45) is 5.70. The minimum absolute atomic E-state index is 0.0464. The largest absolute Gasteiger partial charge is 0.481 e. The third-order valence-corrected chi connectivity index (χ3v) is 4.96. The number of ether oxygens (including phenoxy) is 1. The van der Waals surface area contributed by atoms with Crippen molar-refractivity contribution in [2.45, 2.75) is 37.8 Å². The molecule has 21 heavy (non-hydrogen) atoms. The van der Waals surface area contributed by atoms with Gasteiger partial charge in [0.05, 0.1) is 12.6 Å². The molecule has 3 heterocycles. The third-order valence-electron chi connectivity index (χ3n) is 4.96. The van der Waals surface area contributed by atoms with Crippen LogP contribution in [0.25, 0.3) is 0 Å². The zero-order valence-electron chi connectivity index (χ0n) is 12.8. The molecule has 3 rings (SSSR count). The van der Waals surface area contributed by atoms with Crippen molar-refractivity contribution in [3.05, 3.63) is 23.9 Å². The Labute approximate surface area is 125 Å². The van der Waals surface area contributed by atoms with Crippen molar-refractivity contribution < 1.29 is 9.53 Å². The van der Waals surface area contributed by atoms with Gasteiger partial charge < -0.3 is 9.64 Å². The number of pyridine rings is 1. The number of carbonyl (C=O) groups is 1. The summed E-state index contributed by atoms with van der Waals surface area (Å²) in [6, 6.07) is 4.01. The molecular weight excluding hydrogens is 266 g/mol. The molecule has 2 aliphatic rings. The Morgan fingerprint density at radius 2 is 2.29 bits per heavy atom. The SMILES string of the molecule is COc1ncccc1CN1CCC[C@@]2(CCC(=O)N2C)C1. The minimum Gasteiger partial charge on any atom is -0.481 e. The van der Waals surface area contributed by atoms with Gasteiger partial charge in [-0.05, 0) is 31.9 Å². The fourth-order valence-electron chi connectivity index (χ4n) is 3.73. The summed E-state index contributed by atoms with van der Waals surface area (Å²) in [7, 11) is 3.62. The number of aromatic nitrogens is 1. The molecule has 0 bridgehead atoms. The number of nitrogens with zero attached hydrogens (tertiary/aromatic N) is 3. The number of methoxy groups -OCH3 is 1. The highest BCUT2D eigenvalue weighted by molar-refractivity contribution is 5.79. The van der Waals surface area contributed by atoms with Crippen LogP contribution in [0.5, 0.6) is 5.88 Å². The highest BCUT2D eigenvalue weighted by Gasteiger charge is 2.45. The van der Waals surface area contributed by atoms with Crippen molar-refractivity contribution in [2.75, 3.05) is 27.2 Å². The maximum absolute atomic E-state index is 11.9. The second-order valence-electron chi connectivity index (χ2n) is 6.16. The first-order chi connectivity index (χ1) is 10.1. The molecule has 1 aromatic rings. The van der Waals surface area contributed by atoms with Crippen LogP contribution in [-0.2, 0) is 11.3 Å². The van der Waals surface area contributed by atoms with Gasteiger partial charge in [-0.15, -0.1) is 0 Å². The predicted octanol–water partition coefficient (Wildman–Crippen LogP) is 1.68. The van der Waals surface area contributed by atoms with E-state index in [0.717, 1.165) is 44.5 Å². The van der Waals surface area contributed by atoms with Gasteiger partial charge in [-0.2, -0.15) is 0 Å². The average molecular weight is 289 g/mol. The van der Waals surface area contributed by atoms with E-state index < -0.39 is 0 Å². The molecule has 2 aliphatic heterocycles. The van der Waals surface area contributed by atoms with Crippen LogP contribution in [0.2, 0.25) is 0 Å². The van der Waals surface area contributed by atoms with E-state index in [0.29, 0.717) is 12.3 Å². The highest BCUT2D eigenvalue weighted by Crippen LogP contribution is 2.37. The molecule has 2 saturated heterocycles. The molecule has 0 saturated carbocycles. The highest BCUT2D eigenvalue weighted by atomic mass is 16.5. The van der Waals surface area contributed by atoms with Crippen LogP contribution in [-0.4, -0.2) is 53.5 Å². The summed E-state index contributed by atoms with van der Waals surface area (Å²) in [5.41, 5.74) is 1.16. The Bertz CT molecular complexity index is 534. The van der Waals surface area contributed by atoms with Crippen molar-refractivity contribution >= 4 is 5.91 Å². The lowest BCUT2D eigenvalue weighted by Gasteiger charge is -2.44. The summed E-state index contributed by atoms with van der Waals surface area (Å²) >= 11 is 0. The van der Waals surface area contributed by atoms with Crippen LogP contribution >= 0.6 is 0 Å². The van der Waals surface area contributed by atoms with Gasteiger partial charge in [0.1, 0.15) is 0 Å². The lowest BCUT2D eigenvalue weighted by molar-refractivity contribution is -0.130. The first kappa shape index (κ1) is 14.3. The first-order valence-electron chi connectivity index (χ1n) is 7.61. The minimum atomic E-state index is 0.0464. The van der Waals surface area contributed by atoms with Crippen molar-refractivity contribution in [1.29, 1.82) is 0 Å². The van der Waals surface area contributed by atoms with Gasteiger partial charge in [0.25, 0.3) is 0 Å². The van der Waals surface area contributed by atoms with Gasteiger partial charge in [-0.1, -0.05) is 6.07 Å². The first-order valence-corrected chi connectivity index (χ1v) is 7.61. The number of piperidine rings is 1. The van der Waals surface area contributed by atoms with Gasteiger partial charge in [-0.25, -0.2) is 4.98 Å². The Kier molecular flexibility index (Phi) is 3.85. The number of hydrogen-bond acceptors (Lipinski definition) is 4. The van der Waals surface area contributed by atoms with E-state index >= 15 is 0 Å². The van der Waals surface area contributed by atoms with Crippen molar-refractivity contribution in [1.82, 2.24) is 14.8 Å². The zero-order valence-corrected chi connectivity index (χ0v) is 12.8. The molecule has 2 fully saturated rings. The molecule has 0 aliphatic carbocycles. The van der Waals surface area contributed by atoms with Crippen LogP contribution in [0.1, 0.15) is 31.2 Å². The third kappa shape index (κ3) is 2.62. The fourth-order valence-corrected chi connectivity index (χ4v) is 3.73. The Hall–Kier alpha value is -1.62. The molecule has 0 aromatic carbocycles. The summed E-state index contributed by atoms with van der Waals surface area (Å²) in [5, 5.41) is 0. The molecular formula is C16H23N3O2. The maximum Gasteiger partial charge on any atom is 0.222 e. The van der Waals surface area contributed by atoms with E-state index in [4.69, 9.17) is 4.74 Å². The van der Waals surface area contributed by atoms with Crippen LogP contribution in [0.15, 0.2) is 18.3 Å². The van der Waals surface area contributed by atoms with E-state index in [1.165, 1.54) is 0 Å². The van der Waals surface area contributed by atoms with Crippen LogP contribution < -0.4 is 4.74 Å². The molecule has 5 heteroatoms.